The average molecular weight is 472 g/mol. The van der Waals surface area contributed by atoms with Crippen LogP contribution in [0.15, 0.2) is 5.16 Å². The zero-order chi connectivity index (χ0) is 24.1. The van der Waals surface area contributed by atoms with E-state index in [0.29, 0.717) is 10.8 Å². The largest absolute Gasteiger partial charge is 0.411 e. The van der Waals surface area contributed by atoms with Gasteiger partial charge in [0.05, 0.1) is 17.9 Å². The van der Waals surface area contributed by atoms with Gasteiger partial charge in [0.1, 0.15) is 0 Å². The van der Waals surface area contributed by atoms with Crippen LogP contribution in [0, 0.1) is 52.3 Å². The van der Waals surface area contributed by atoms with Crippen molar-refractivity contribution in [3.8, 4) is 0 Å². The third-order valence-corrected chi connectivity index (χ3v) is 12.5. The minimum atomic E-state index is 0.0269. The average Bonchev–Trinajstić information content (AvgIpc) is 3.35. The Morgan fingerprint density at radius 3 is 2.44 bits per heavy atom. The summed E-state index contributed by atoms with van der Waals surface area (Å²) in [5, 5.41) is 12.2. The van der Waals surface area contributed by atoms with Crippen LogP contribution in [-0.4, -0.2) is 23.1 Å². The second-order valence-corrected chi connectivity index (χ2v) is 14.5. The van der Waals surface area contributed by atoms with Gasteiger partial charge in [0.2, 0.25) is 0 Å². The Bertz CT molecular complexity index is 750. The van der Waals surface area contributed by atoms with Crippen LogP contribution in [0.25, 0.3) is 0 Å². The van der Waals surface area contributed by atoms with Crippen molar-refractivity contribution in [1.82, 2.24) is 0 Å². The molecule has 5 rings (SSSR count). The van der Waals surface area contributed by atoms with E-state index in [2.05, 4.69) is 39.8 Å². The monoisotopic (exact) mass is 471 g/mol. The molecule has 0 aromatic carbocycles. The number of ether oxygens (including phenoxy) is 1. The van der Waals surface area contributed by atoms with Gasteiger partial charge in [0, 0.05) is 0 Å². The van der Waals surface area contributed by atoms with E-state index in [1.54, 1.807) is 6.21 Å². The SMILES string of the molecule is CC(C)CCCC(C)[C@H]1CCC2C3CC[C@H]4C[C@@]5(CCC(/C=N/O)O5)CC[C@]4(C)C3CC[C@@]21C. The highest BCUT2D eigenvalue weighted by Crippen LogP contribution is 2.69. The predicted octanol–water partition coefficient (Wildman–Crippen LogP) is 8.49. The molecule has 0 radical (unpaired) electrons. The van der Waals surface area contributed by atoms with E-state index in [1.807, 2.05) is 0 Å². The Balaban J connectivity index is 1.26. The van der Waals surface area contributed by atoms with Crippen molar-refractivity contribution in [2.45, 2.75) is 136 Å². The molecule has 0 aromatic rings. The molecule has 4 aliphatic carbocycles. The summed E-state index contributed by atoms with van der Waals surface area (Å²) in [6, 6.07) is 0. The molecule has 1 spiro atoms. The highest BCUT2D eigenvalue weighted by Gasteiger charge is 2.62. The molecule has 5 unspecified atom stereocenters. The molecular formula is C31H53NO2. The van der Waals surface area contributed by atoms with E-state index in [1.165, 1.54) is 77.0 Å². The van der Waals surface area contributed by atoms with Gasteiger partial charge in [0.15, 0.2) is 0 Å². The van der Waals surface area contributed by atoms with Gasteiger partial charge in [-0.05, 0) is 123 Å². The third kappa shape index (κ3) is 4.18. The molecule has 5 fully saturated rings. The Labute approximate surface area is 209 Å². The molecule has 1 aliphatic heterocycles. The van der Waals surface area contributed by atoms with Crippen LogP contribution in [0.2, 0.25) is 0 Å². The fraction of sp³-hybridized carbons (Fsp3) is 0.968. The van der Waals surface area contributed by atoms with Crippen LogP contribution < -0.4 is 0 Å². The predicted molar refractivity (Wildman–Crippen MR) is 140 cm³/mol. The van der Waals surface area contributed by atoms with Gasteiger partial charge in [-0.3, -0.25) is 0 Å². The number of oxime groups is 1. The van der Waals surface area contributed by atoms with Crippen LogP contribution in [0.4, 0.5) is 0 Å². The second-order valence-electron chi connectivity index (χ2n) is 14.5. The lowest BCUT2D eigenvalue weighted by molar-refractivity contribution is -0.159. The maximum Gasteiger partial charge on any atom is 0.0967 e. The normalized spacial score (nSPS) is 49.4. The van der Waals surface area contributed by atoms with Crippen LogP contribution in [-0.2, 0) is 4.74 Å². The van der Waals surface area contributed by atoms with Crippen molar-refractivity contribution in [3.63, 3.8) is 0 Å². The molecule has 3 heteroatoms. The van der Waals surface area contributed by atoms with E-state index in [0.717, 1.165) is 54.3 Å². The molecule has 0 amide bonds. The molecule has 1 heterocycles. The number of nitrogens with zero attached hydrogens (tertiary/aromatic N) is 1. The number of rotatable bonds is 6. The minimum Gasteiger partial charge on any atom is -0.411 e. The highest BCUT2D eigenvalue weighted by molar-refractivity contribution is 5.62. The third-order valence-electron chi connectivity index (χ3n) is 12.5. The zero-order valence-corrected chi connectivity index (χ0v) is 22.9. The maximum absolute atomic E-state index is 8.97. The van der Waals surface area contributed by atoms with E-state index in [9.17, 15) is 0 Å². The van der Waals surface area contributed by atoms with Crippen LogP contribution >= 0.6 is 0 Å². The van der Waals surface area contributed by atoms with Crippen LogP contribution in [0.3, 0.4) is 0 Å². The van der Waals surface area contributed by atoms with E-state index in [4.69, 9.17) is 9.94 Å². The smallest absolute Gasteiger partial charge is 0.0967 e. The fourth-order valence-corrected chi connectivity index (χ4v) is 10.7. The summed E-state index contributed by atoms with van der Waals surface area (Å²) in [7, 11) is 0. The second kappa shape index (κ2) is 9.38. The summed E-state index contributed by atoms with van der Waals surface area (Å²) in [5.41, 5.74) is 1.18. The van der Waals surface area contributed by atoms with Crippen molar-refractivity contribution in [2.75, 3.05) is 0 Å². The molecule has 4 saturated carbocycles. The molecule has 0 aromatic heterocycles. The summed E-state index contributed by atoms with van der Waals surface area (Å²) in [6.07, 6.45) is 20.8. The number of hydrogen-bond acceptors (Lipinski definition) is 3. The fourth-order valence-electron chi connectivity index (χ4n) is 10.7. The van der Waals surface area contributed by atoms with Crippen LogP contribution in [0.1, 0.15) is 125 Å². The van der Waals surface area contributed by atoms with Crippen molar-refractivity contribution in [1.29, 1.82) is 0 Å². The summed E-state index contributed by atoms with van der Waals surface area (Å²) in [6.45, 7) is 12.8. The summed E-state index contributed by atoms with van der Waals surface area (Å²) < 4.78 is 6.52. The minimum absolute atomic E-state index is 0.0269. The van der Waals surface area contributed by atoms with Gasteiger partial charge in [-0.15, -0.1) is 0 Å². The van der Waals surface area contributed by atoms with Gasteiger partial charge in [0.25, 0.3) is 0 Å². The number of fused-ring (bicyclic) bond motifs is 5. The molecule has 10 atom stereocenters. The van der Waals surface area contributed by atoms with Crippen molar-refractivity contribution < 1.29 is 9.94 Å². The summed E-state index contributed by atoms with van der Waals surface area (Å²) in [5.74, 6) is 6.43. The van der Waals surface area contributed by atoms with Crippen molar-refractivity contribution in [3.05, 3.63) is 0 Å². The van der Waals surface area contributed by atoms with Crippen LogP contribution in [0.5, 0.6) is 0 Å². The first-order valence-corrected chi connectivity index (χ1v) is 15.1. The molecule has 3 nitrogen and oxygen atoms in total. The maximum atomic E-state index is 8.97. The Morgan fingerprint density at radius 2 is 1.68 bits per heavy atom. The molecule has 194 valence electrons. The van der Waals surface area contributed by atoms with E-state index in [-0.39, 0.29) is 11.7 Å². The van der Waals surface area contributed by atoms with E-state index >= 15 is 0 Å². The molecule has 0 bridgehead atoms. The van der Waals surface area contributed by atoms with Crippen molar-refractivity contribution >= 4 is 6.21 Å². The quantitative estimate of drug-likeness (QED) is 0.240. The molecule has 34 heavy (non-hydrogen) atoms. The standard InChI is InChI=1S/C31H53NO2/c1-21(2)7-6-8-22(3)26-11-12-27-25-10-9-23-19-31(16-13-24(34-31)20-32-33)18-17-29(23,4)28(25)14-15-30(26,27)5/h20-28,33H,6-19H2,1-5H3/b32-20+/t22?,23-,24?,25?,26+,27?,28?,29-,30+,31+/m0/s1. The number of hydrogen-bond donors (Lipinski definition) is 1. The van der Waals surface area contributed by atoms with Gasteiger partial charge in [-0.1, -0.05) is 59.0 Å². The van der Waals surface area contributed by atoms with Gasteiger partial charge < -0.3 is 9.94 Å². The lowest BCUT2D eigenvalue weighted by atomic mass is 9.43. The summed E-state index contributed by atoms with van der Waals surface area (Å²) >= 11 is 0. The molecular weight excluding hydrogens is 418 g/mol. The van der Waals surface area contributed by atoms with Crippen molar-refractivity contribution in [2.24, 2.45) is 57.4 Å². The van der Waals surface area contributed by atoms with Gasteiger partial charge in [-0.2, -0.15) is 0 Å². The lowest BCUT2D eigenvalue weighted by Gasteiger charge is -2.62. The van der Waals surface area contributed by atoms with E-state index < -0.39 is 0 Å². The Hall–Kier alpha value is -0.570. The first kappa shape index (κ1) is 25.1. The Kier molecular flexibility index (Phi) is 6.93. The molecule has 1 N–H and O–H groups in total. The zero-order valence-electron chi connectivity index (χ0n) is 22.9. The lowest BCUT2D eigenvalue weighted by Crippen LogP contribution is -2.56. The van der Waals surface area contributed by atoms with Gasteiger partial charge >= 0.3 is 0 Å². The summed E-state index contributed by atoms with van der Waals surface area (Å²) in [4.78, 5) is 0. The topological polar surface area (TPSA) is 41.8 Å². The Morgan fingerprint density at radius 1 is 0.882 bits per heavy atom. The first-order valence-electron chi connectivity index (χ1n) is 15.1. The molecule has 1 saturated heterocycles. The first-order chi connectivity index (χ1) is 16.2. The van der Waals surface area contributed by atoms with Gasteiger partial charge in [-0.25, -0.2) is 0 Å². The molecule has 5 aliphatic rings. The highest BCUT2D eigenvalue weighted by atomic mass is 16.5.